The Labute approximate surface area is 329 Å². The third kappa shape index (κ3) is 6.44. The summed E-state index contributed by atoms with van der Waals surface area (Å²) in [6, 6.07) is 25.7. The van der Waals surface area contributed by atoms with E-state index in [4.69, 9.17) is 4.74 Å². The second-order valence-corrected chi connectivity index (χ2v) is 16.7. The van der Waals surface area contributed by atoms with Crippen LogP contribution in [0.3, 0.4) is 0 Å². The number of carbonyl (C=O) groups excluding carboxylic acids is 4. The molecular weight excluding hydrogens is 705 g/mol. The average Bonchev–Trinajstić information content (AvgIpc) is 3.63. The molecule has 0 bridgehead atoms. The highest BCUT2D eigenvalue weighted by atomic mass is 16.5. The number of carbonyl (C=O) groups is 4. The van der Waals surface area contributed by atoms with E-state index in [-0.39, 0.29) is 47.4 Å². The topological polar surface area (TPSA) is 111 Å². The number of benzene rings is 3. The summed E-state index contributed by atoms with van der Waals surface area (Å²) in [5.41, 5.74) is 3.93. The first kappa shape index (κ1) is 36.8. The van der Waals surface area contributed by atoms with E-state index in [0.717, 1.165) is 57.7 Å². The number of phenols is 1. The minimum Gasteiger partial charge on any atom is -0.504 e. The lowest BCUT2D eigenvalue weighted by Crippen LogP contribution is -2.48. The maximum absolute atomic E-state index is 14.8. The molecule has 1 N–H and O–H groups in total. The van der Waals surface area contributed by atoms with E-state index >= 15 is 0 Å². The molecule has 6 atom stereocenters. The lowest BCUT2D eigenvalue weighted by Gasteiger charge is -2.44. The van der Waals surface area contributed by atoms with E-state index in [1.165, 1.54) is 11.1 Å². The summed E-state index contributed by atoms with van der Waals surface area (Å²) in [5.74, 6) is -3.75. The number of rotatable bonds is 9. The second-order valence-electron chi connectivity index (χ2n) is 16.7. The number of allylic oxidation sites excluding steroid dienone is 2. The largest absolute Gasteiger partial charge is 0.504 e. The summed E-state index contributed by atoms with van der Waals surface area (Å²) < 4.78 is 5.81. The number of fused-ring (bicyclic) bond motifs is 4. The molecule has 4 aliphatic heterocycles. The van der Waals surface area contributed by atoms with E-state index in [0.29, 0.717) is 43.6 Å². The molecule has 0 spiro atoms. The van der Waals surface area contributed by atoms with Crippen LogP contribution in [-0.4, -0.2) is 93.2 Å². The molecule has 0 radical (unpaired) electrons. The first-order valence-electron chi connectivity index (χ1n) is 20.7. The zero-order valence-corrected chi connectivity index (χ0v) is 32.2. The van der Waals surface area contributed by atoms with Crippen LogP contribution >= 0.6 is 0 Å². The van der Waals surface area contributed by atoms with Crippen molar-refractivity contribution in [3.63, 3.8) is 0 Å². The Morgan fingerprint density at radius 2 is 1.16 bits per heavy atom. The van der Waals surface area contributed by atoms with Gasteiger partial charge in [0, 0.05) is 62.8 Å². The second kappa shape index (κ2) is 15.3. The minimum atomic E-state index is -0.705. The molecule has 9 rings (SSSR count). The van der Waals surface area contributed by atoms with Crippen LogP contribution in [0.1, 0.15) is 68.1 Å². The van der Waals surface area contributed by atoms with Gasteiger partial charge in [-0.1, -0.05) is 84.4 Å². The summed E-state index contributed by atoms with van der Waals surface area (Å²) in [6.45, 7) is 7.04. The maximum atomic E-state index is 14.8. The summed E-state index contributed by atoms with van der Waals surface area (Å²) in [7, 11) is 0. The number of piperidine rings is 2. The van der Waals surface area contributed by atoms with Crippen LogP contribution in [0.25, 0.3) is 0 Å². The zero-order chi connectivity index (χ0) is 38.5. The normalized spacial score (nSPS) is 29.0. The number of phenolic OH excluding ortho intramolecular Hbond substituents is 1. The molecular formula is C46H52N4O6. The van der Waals surface area contributed by atoms with Gasteiger partial charge in [-0.3, -0.25) is 38.8 Å². The van der Waals surface area contributed by atoms with E-state index in [9.17, 15) is 24.3 Å². The molecule has 4 saturated heterocycles. The van der Waals surface area contributed by atoms with E-state index in [1.807, 2.05) is 55.5 Å². The van der Waals surface area contributed by atoms with Gasteiger partial charge in [0.1, 0.15) is 0 Å². The molecule has 6 aliphatic rings. The molecule has 0 aromatic heterocycles. The Morgan fingerprint density at radius 3 is 1.71 bits per heavy atom. The Hall–Kier alpha value is -4.80. The SMILES string of the molecule is CCOc1cccc(C2C3=CCC4C(=O)N(C5CCN(Cc6ccccc6)CC5)C(=O)C4C3CC3C(=O)N(C4CCN(Cc5ccccc5)CC4)C(=O)C32)c1O. The van der Waals surface area contributed by atoms with Gasteiger partial charge in [0.05, 0.1) is 30.3 Å². The third-order valence-electron chi connectivity index (χ3n) is 13.7. The Morgan fingerprint density at radius 1 is 0.625 bits per heavy atom. The third-order valence-corrected chi connectivity index (χ3v) is 13.7. The van der Waals surface area contributed by atoms with E-state index in [1.54, 1.807) is 15.9 Å². The molecule has 3 aromatic carbocycles. The smallest absolute Gasteiger partial charge is 0.234 e. The Bertz CT molecular complexity index is 2000. The molecule has 56 heavy (non-hydrogen) atoms. The molecule has 292 valence electrons. The quantitative estimate of drug-likeness (QED) is 0.217. The molecule has 2 aliphatic carbocycles. The number of amides is 4. The summed E-state index contributed by atoms with van der Waals surface area (Å²) in [4.78, 5) is 66.2. The number of likely N-dealkylation sites (tertiary alicyclic amines) is 4. The van der Waals surface area contributed by atoms with Gasteiger partial charge < -0.3 is 9.84 Å². The van der Waals surface area contributed by atoms with Crippen molar-refractivity contribution in [1.82, 2.24) is 19.6 Å². The van der Waals surface area contributed by atoms with Crippen molar-refractivity contribution in [3.05, 3.63) is 107 Å². The summed E-state index contributed by atoms with van der Waals surface area (Å²) in [5, 5.41) is 11.7. The Balaban J connectivity index is 0.983. The van der Waals surface area contributed by atoms with Crippen LogP contribution in [0.5, 0.6) is 11.5 Å². The molecule has 10 heteroatoms. The van der Waals surface area contributed by atoms with Gasteiger partial charge in [0.25, 0.3) is 0 Å². The minimum absolute atomic E-state index is 0.0348. The van der Waals surface area contributed by atoms with Crippen LogP contribution in [0.4, 0.5) is 0 Å². The molecule has 3 aromatic rings. The van der Waals surface area contributed by atoms with Gasteiger partial charge in [-0.25, -0.2) is 0 Å². The fraction of sp³-hybridized carbons (Fsp3) is 0.478. The fourth-order valence-corrected chi connectivity index (χ4v) is 11.1. The average molecular weight is 757 g/mol. The van der Waals surface area contributed by atoms with Crippen LogP contribution in [0, 0.1) is 29.6 Å². The van der Waals surface area contributed by atoms with Gasteiger partial charge in [-0.05, 0) is 68.6 Å². The van der Waals surface area contributed by atoms with Gasteiger partial charge in [-0.15, -0.1) is 0 Å². The first-order valence-corrected chi connectivity index (χ1v) is 20.7. The van der Waals surface area contributed by atoms with Crippen LogP contribution < -0.4 is 4.74 Å². The van der Waals surface area contributed by atoms with E-state index < -0.39 is 29.6 Å². The molecule has 1 saturated carbocycles. The van der Waals surface area contributed by atoms with Gasteiger partial charge in [0.15, 0.2) is 11.5 Å². The van der Waals surface area contributed by atoms with Crippen LogP contribution in [0.15, 0.2) is 90.5 Å². The highest BCUT2D eigenvalue weighted by Crippen LogP contribution is 2.60. The molecule has 6 unspecified atom stereocenters. The van der Waals surface area contributed by atoms with Crippen molar-refractivity contribution in [2.24, 2.45) is 29.6 Å². The van der Waals surface area contributed by atoms with Crippen molar-refractivity contribution >= 4 is 23.6 Å². The number of nitrogens with zero attached hydrogens (tertiary/aromatic N) is 4. The van der Waals surface area contributed by atoms with Crippen molar-refractivity contribution < 1.29 is 29.0 Å². The number of hydrogen-bond donors (Lipinski definition) is 1. The van der Waals surface area contributed by atoms with Crippen molar-refractivity contribution in [2.75, 3.05) is 32.8 Å². The number of imide groups is 2. The van der Waals surface area contributed by atoms with Gasteiger partial charge in [-0.2, -0.15) is 0 Å². The van der Waals surface area contributed by atoms with Gasteiger partial charge in [0.2, 0.25) is 23.6 Å². The maximum Gasteiger partial charge on any atom is 0.234 e. The number of ether oxygens (including phenoxy) is 1. The predicted molar refractivity (Wildman–Crippen MR) is 210 cm³/mol. The zero-order valence-electron chi connectivity index (χ0n) is 32.2. The van der Waals surface area contributed by atoms with Crippen molar-refractivity contribution in [1.29, 1.82) is 0 Å². The standard InChI is InChI=1S/C46H52N4O6/c1-2-56-38-15-9-14-34(42(38)51)39-33-16-17-35-40(45(54)49(43(35)52)31-18-22-47(23-19-31)27-29-10-5-3-6-11-29)36(33)26-37-41(39)46(55)50(44(37)53)32-20-24-48(25-21-32)28-30-12-7-4-8-13-30/h3-16,31-32,35-37,39-41,51H,2,17-28H2,1H3. The molecule has 4 amide bonds. The van der Waals surface area contributed by atoms with Crippen LogP contribution in [-0.2, 0) is 32.3 Å². The van der Waals surface area contributed by atoms with Crippen molar-refractivity contribution in [3.8, 4) is 11.5 Å². The summed E-state index contributed by atoms with van der Waals surface area (Å²) >= 11 is 0. The molecule has 5 fully saturated rings. The van der Waals surface area contributed by atoms with Crippen LogP contribution in [0.2, 0.25) is 0 Å². The molecule has 10 nitrogen and oxygen atoms in total. The highest BCUT2D eigenvalue weighted by molar-refractivity contribution is 6.08. The number of aromatic hydroxyl groups is 1. The van der Waals surface area contributed by atoms with Gasteiger partial charge >= 0.3 is 0 Å². The lowest BCUT2D eigenvalue weighted by atomic mass is 9.57. The summed E-state index contributed by atoms with van der Waals surface area (Å²) in [6.07, 6.45) is 5.66. The van der Waals surface area contributed by atoms with E-state index in [2.05, 4.69) is 40.1 Å². The monoisotopic (exact) mass is 756 g/mol. The molecule has 4 heterocycles. The lowest BCUT2D eigenvalue weighted by molar-refractivity contribution is -0.146. The fourth-order valence-electron chi connectivity index (χ4n) is 11.1. The Kier molecular flexibility index (Phi) is 10.0. The first-order chi connectivity index (χ1) is 27.3. The predicted octanol–water partition coefficient (Wildman–Crippen LogP) is 5.76. The number of hydrogen-bond acceptors (Lipinski definition) is 8. The highest BCUT2D eigenvalue weighted by Gasteiger charge is 2.63. The number of para-hydroxylation sites is 1. The van der Waals surface area contributed by atoms with Crippen molar-refractivity contribution in [2.45, 2.75) is 76.5 Å².